The molecular formula is C10H14N2O2. The van der Waals surface area contributed by atoms with E-state index in [1.54, 1.807) is 6.92 Å². The number of nitrogens with one attached hydrogen (secondary N) is 1. The summed E-state index contributed by atoms with van der Waals surface area (Å²) in [6.45, 7) is 1.80. The molecule has 0 atom stereocenters. The van der Waals surface area contributed by atoms with E-state index in [-0.39, 0.29) is 0 Å². The molecule has 1 N–H and O–H groups in total. The van der Waals surface area contributed by atoms with E-state index < -0.39 is 0 Å². The van der Waals surface area contributed by atoms with Crippen molar-refractivity contribution in [1.29, 1.82) is 0 Å². The van der Waals surface area contributed by atoms with Crippen LogP contribution in [0.1, 0.15) is 19.8 Å². The van der Waals surface area contributed by atoms with E-state index in [1.807, 2.05) is 0 Å². The fourth-order valence-electron chi connectivity index (χ4n) is 0.651. The van der Waals surface area contributed by atoms with E-state index in [0.29, 0.717) is 12.3 Å². The van der Waals surface area contributed by atoms with Crippen LogP contribution in [0.15, 0.2) is 5.16 Å². The zero-order valence-corrected chi connectivity index (χ0v) is 8.68. The van der Waals surface area contributed by atoms with E-state index in [9.17, 15) is 0 Å². The third-order valence-electron chi connectivity index (χ3n) is 1.14. The standard InChI is InChI=1S/C10H14N2O2/c1-4-5-6-7-8-9-10(11-13-2)12-14-3/h6-7H2,1-3H3,(H,11,12). The van der Waals surface area contributed by atoms with Gasteiger partial charge in [-0.25, -0.2) is 5.48 Å². The summed E-state index contributed by atoms with van der Waals surface area (Å²) in [5, 5.41) is 3.60. The lowest BCUT2D eigenvalue weighted by molar-refractivity contribution is 0.136. The first-order valence-electron chi connectivity index (χ1n) is 4.13. The lowest BCUT2D eigenvalue weighted by atomic mass is 10.3. The van der Waals surface area contributed by atoms with Crippen LogP contribution in [0.5, 0.6) is 0 Å². The molecule has 0 rings (SSSR count). The van der Waals surface area contributed by atoms with Gasteiger partial charge in [-0.2, -0.15) is 0 Å². The predicted octanol–water partition coefficient (Wildman–Crippen LogP) is 0.904. The Morgan fingerprint density at radius 1 is 1.29 bits per heavy atom. The van der Waals surface area contributed by atoms with Gasteiger partial charge in [-0.05, 0) is 12.8 Å². The molecule has 0 aliphatic rings. The number of rotatable bonds is 3. The number of hydrogen-bond donors (Lipinski definition) is 1. The molecule has 0 aromatic carbocycles. The Balaban J connectivity index is 3.98. The van der Waals surface area contributed by atoms with E-state index in [4.69, 9.17) is 0 Å². The summed E-state index contributed by atoms with van der Waals surface area (Å²) in [5.74, 6) is 11.7. The Kier molecular flexibility index (Phi) is 8.33. The molecular weight excluding hydrogens is 180 g/mol. The Morgan fingerprint density at radius 3 is 2.57 bits per heavy atom. The van der Waals surface area contributed by atoms with Gasteiger partial charge in [0.2, 0.25) is 5.84 Å². The Bertz CT molecular complexity index is 289. The maximum atomic E-state index is 4.64. The van der Waals surface area contributed by atoms with Crippen molar-refractivity contribution in [3.8, 4) is 23.7 Å². The van der Waals surface area contributed by atoms with E-state index >= 15 is 0 Å². The SMILES string of the molecule is CC#CCCC#CC(=NOC)NOC. The Hall–Kier alpha value is -1.65. The van der Waals surface area contributed by atoms with Crippen LogP contribution >= 0.6 is 0 Å². The van der Waals surface area contributed by atoms with Crippen molar-refractivity contribution in [3.05, 3.63) is 0 Å². The summed E-state index contributed by atoms with van der Waals surface area (Å²) in [6.07, 6.45) is 1.46. The van der Waals surface area contributed by atoms with Crippen molar-refractivity contribution in [2.75, 3.05) is 14.2 Å². The highest BCUT2D eigenvalue weighted by molar-refractivity contribution is 5.97. The van der Waals surface area contributed by atoms with Crippen LogP contribution in [-0.4, -0.2) is 20.1 Å². The molecule has 0 bridgehead atoms. The van der Waals surface area contributed by atoms with Crippen molar-refractivity contribution in [1.82, 2.24) is 5.48 Å². The third kappa shape index (κ3) is 7.02. The largest absolute Gasteiger partial charge is 0.397 e. The predicted molar refractivity (Wildman–Crippen MR) is 55.0 cm³/mol. The monoisotopic (exact) mass is 194 g/mol. The van der Waals surface area contributed by atoms with Crippen molar-refractivity contribution in [3.63, 3.8) is 0 Å². The second-order valence-electron chi connectivity index (χ2n) is 2.16. The first kappa shape index (κ1) is 12.3. The highest BCUT2D eigenvalue weighted by atomic mass is 16.7. The maximum Gasteiger partial charge on any atom is 0.240 e. The average molecular weight is 194 g/mol. The fourth-order valence-corrected chi connectivity index (χ4v) is 0.651. The Morgan fingerprint density at radius 2 is 2.00 bits per heavy atom. The topological polar surface area (TPSA) is 42.8 Å². The van der Waals surface area contributed by atoms with Crippen LogP contribution < -0.4 is 5.48 Å². The van der Waals surface area contributed by atoms with E-state index in [2.05, 4.69) is 44.0 Å². The van der Waals surface area contributed by atoms with Gasteiger partial charge in [-0.15, -0.1) is 11.8 Å². The van der Waals surface area contributed by atoms with Gasteiger partial charge in [0.25, 0.3) is 0 Å². The number of hydroxylamine groups is 1. The van der Waals surface area contributed by atoms with Crippen LogP contribution in [0.3, 0.4) is 0 Å². The molecule has 0 heterocycles. The van der Waals surface area contributed by atoms with Gasteiger partial charge < -0.3 is 4.84 Å². The van der Waals surface area contributed by atoms with Crippen molar-refractivity contribution >= 4 is 5.84 Å². The second kappa shape index (κ2) is 9.44. The quantitative estimate of drug-likeness (QED) is 0.239. The molecule has 0 radical (unpaired) electrons. The van der Waals surface area contributed by atoms with Gasteiger partial charge in [0.05, 0.1) is 7.11 Å². The summed E-state index contributed by atoms with van der Waals surface area (Å²) in [4.78, 5) is 9.19. The zero-order chi connectivity index (χ0) is 10.6. The van der Waals surface area contributed by atoms with Crippen LogP contribution in [0, 0.1) is 23.7 Å². The second-order valence-corrected chi connectivity index (χ2v) is 2.16. The Labute approximate surface area is 84.6 Å². The first-order valence-corrected chi connectivity index (χ1v) is 4.13. The normalized spacial score (nSPS) is 9.21. The minimum atomic E-state index is 0.347. The van der Waals surface area contributed by atoms with Crippen molar-refractivity contribution < 1.29 is 9.68 Å². The summed E-state index contributed by atoms with van der Waals surface area (Å²) < 4.78 is 0. The minimum absolute atomic E-state index is 0.347. The number of hydrogen-bond acceptors (Lipinski definition) is 3. The fraction of sp³-hybridized carbons (Fsp3) is 0.500. The minimum Gasteiger partial charge on any atom is -0.397 e. The van der Waals surface area contributed by atoms with Crippen LogP contribution in [0.2, 0.25) is 0 Å². The molecule has 0 aromatic rings. The summed E-state index contributed by atoms with van der Waals surface area (Å²) in [5.41, 5.74) is 2.49. The van der Waals surface area contributed by atoms with Gasteiger partial charge in [-0.3, -0.25) is 4.84 Å². The number of nitrogens with zero attached hydrogens (tertiary/aromatic N) is 1. The number of oxime groups is 1. The summed E-state index contributed by atoms with van der Waals surface area (Å²) in [6, 6.07) is 0. The van der Waals surface area contributed by atoms with Crippen LogP contribution in [0.25, 0.3) is 0 Å². The average Bonchev–Trinajstić information content (AvgIpc) is 2.18. The molecule has 0 spiro atoms. The molecule has 0 saturated carbocycles. The molecule has 0 aliphatic heterocycles. The molecule has 4 heteroatoms. The molecule has 76 valence electrons. The van der Waals surface area contributed by atoms with Crippen molar-refractivity contribution in [2.24, 2.45) is 5.16 Å². The molecule has 0 aromatic heterocycles. The van der Waals surface area contributed by atoms with Crippen molar-refractivity contribution in [2.45, 2.75) is 19.8 Å². The maximum absolute atomic E-state index is 4.64. The van der Waals surface area contributed by atoms with Gasteiger partial charge in [0, 0.05) is 12.8 Å². The molecule has 14 heavy (non-hydrogen) atoms. The van der Waals surface area contributed by atoms with Crippen LogP contribution in [0.4, 0.5) is 0 Å². The van der Waals surface area contributed by atoms with Gasteiger partial charge >= 0.3 is 0 Å². The number of amidine groups is 1. The number of unbranched alkanes of at least 4 members (excludes halogenated alkanes) is 1. The van der Waals surface area contributed by atoms with Gasteiger partial charge in [0.1, 0.15) is 7.11 Å². The lowest BCUT2D eigenvalue weighted by Crippen LogP contribution is -2.20. The zero-order valence-electron chi connectivity index (χ0n) is 8.68. The first-order chi connectivity index (χ1) is 6.85. The molecule has 0 amide bonds. The molecule has 0 fully saturated rings. The summed E-state index contributed by atoms with van der Waals surface area (Å²) >= 11 is 0. The molecule has 0 unspecified atom stereocenters. The smallest absolute Gasteiger partial charge is 0.240 e. The molecule has 0 aliphatic carbocycles. The van der Waals surface area contributed by atoms with E-state index in [1.165, 1.54) is 14.2 Å². The summed E-state index contributed by atoms with van der Waals surface area (Å²) in [7, 11) is 2.93. The highest BCUT2D eigenvalue weighted by Crippen LogP contribution is 1.83. The van der Waals surface area contributed by atoms with E-state index in [0.717, 1.165) is 6.42 Å². The lowest BCUT2D eigenvalue weighted by Gasteiger charge is -1.97. The molecule has 4 nitrogen and oxygen atoms in total. The molecule has 0 saturated heterocycles. The van der Waals surface area contributed by atoms with Crippen LogP contribution in [-0.2, 0) is 9.68 Å². The van der Waals surface area contributed by atoms with Gasteiger partial charge in [-0.1, -0.05) is 11.1 Å². The third-order valence-corrected chi connectivity index (χ3v) is 1.14. The highest BCUT2D eigenvalue weighted by Gasteiger charge is 1.90. The van der Waals surface area contributed by atoms with Gasteiger partial charge in [0.15, 0.2) is 0 Å².